The molecule has 0 radical (unpaired) electrons. The van der Waals surface area contributed by atoms with Crippen LogP contribution in [0.25, 0.3) is 22.0 Å². The van der Waals surface area contributed by atoms with Crippen LogP contribution in [0.5, 0.6) is 0 Å². The van der Waals surface area contributed by atoms with Crippen LogP contribution >= 0.6 is 23.2 Å². The van der Waals surface area contributed by atoms with Crippen molar-refractivity contribution in [1.29, 1.82) is 0 Å². The summed E-state index contributed by atoms with van der Waals surface area (Å²) in [6.45, 7) is 1.49. The summed E-state index contributed by atoms with van der Waals surface area (Å²) in [5, 5.41) is 1.42. The smallest absolute Gasteiger partial charge is 0.261 e. The van der Waals surface area contributed by atoms with E-state index in [0.29, 0.717) is 21.5 Å². The van der Waals surface area contributed by atoms with Gasteiger partial charge in [0.2, 0.25) is 5.91 Å². The molecule has 5 rings (SSSR count). The Bertz CT molecular complexity index is 1240. The maximum absolute atomic E-state index is 13.7. The molecule has 1 aliphatic carbocycles. The molecule has 0 bridgehead atoms. The zero-order chi connectivity index (χ0) is 21.2. The van der Waals surface area contributed by atoms with Crippen molar-refractivity contribution in [2.75, 3.05) is 13.1 Å². The number of nitrogens with zero attached hydrogens (tertiary/aromatic N) is 3. The van der Waals surface area contributed by atoms with E-state index in [1.165, 1.54) is 16.4 Å². The molecule has 1 amide bonds. The van der Waals surface area contributed by atoms with Crippen LogP contribution in [-0.4, -0.2) is 38.7 Å². The molecule has 0 unspecified atom stereocenters. The molecule has 0 N–H and O–H groups in total. The molecule has 1 saturated carbocycles. The zero-order valence-corrected chi connectivity index (χ0v) is 17.9. The number of aromatic nitrogens is 2. The van der Waals surface area contributed by atoms with Gasteiger partial charge in [0.1, 0.15) is 12.2 Å². The summed E-state index contributed by atoms with van der Waals surface area (Å²) in [6, 6.07) is 7.55. The van der Waals surface area contributed by atoms with Crippen LogP contribution in [0.4, 0.5) is 4.39 Å². The number of rotatable bonds is 4. The first-order valence-corrected chi connectivity index (χ1v) is 10.7. The predicted octanol–water partition coefficient (Wildman–Crippen LogP) is 4.68. The first-order chi connectivity index (χ1) is 14.2. The molecule has 8 heteroatoms. The molecule has 0 spiro atoms. The van der Waals surface area contributed by atoms with E-state index in [4.69, 9.17) is 23.2 Å². The second-order valence-corrected chi connectivity index (χ2v) is 9.30. The van der Waals surface area contributed by atoms with Gasteiger partial charge in [-0.1, -0.05) is 29.3 Å². The van der Waals surface area contributed by atoms with Crippen molar-refractivity contribution in [1.82, 2.24) is 14.0 Å². The Hall–Kier alpha value is -2.31. The number of fused-ring (bicyclic) bond motifs is 1. The summed E-state index contributed by atoms with van der Waals surface area (Å²) in [7, 11) is 0. The first-order valence-electron chi connectivity index (χ1n) is 9.90. The van der Waals surface area contributed by atoms with Crippen LogP contribution in [0.2, 0.25) is 10.0 Å². The fourth-order valence-corrected chi connectivity index (χ4v) is 4.44. The normalized spacial score (nSPS) is 17.9. The highest BCUT2D eigenvalue weighted by Crippen LogP contribution is 2.41. The maximum atomic E-state index is 13.7. The number of carbonyl (C=O) groups excluding carboxylic acids is 1. The van der Waals surface area contributed by atoms with Gasteiger partial charge in [0, 0.05) is 24.0 Å². The van der Waals surface area contributed by atoms with Crippen molar-refractivity contribution < 1.29 is 9.18 Å². The topological polar surface area (TPSA) is 47.2 Å². The number of hydrogen-bond donors (Lipinski definition) is 0. The molecule has 1 aromatic carbocycles. The fourth-order valence-electron chi connectivity index (χ4n) is 4.14. The van der Waals surface area contributed by atoms with E-state index in [1.54, 1.807) is 18.3 Å². The Labute approximate surface area is 182 Å². The van der Waals surface area contributed by atoms with E-state index in [1.807, 2.05) is 18.3 Å². The number of pyridine rings is 1. The second-order valence-electron chi connectivity index (χ2n) is 8.48. The summed E-state index contributed by atoms with van der Waals surface area (Å²) in [6.07, 6.45) is 5.78. The molecule has 1 saturated heterocycles. The lowest BCUT2D eigenvalue weighted by Gasteiger charge is -2.42. The van der Waals surface area contributed by atoms with Crippen LogP contribution in [0.1, 0.15) is 25.8 Å². The summed E-state index contributed by atoms with van der Waals surface area (Å²) in [5.41, 5.74) is 0.818. The average Bonchev–Trinajstić information content (AvgIpc) is 3.44. The van der Waals surface area contributed by atoms with Gasteiger partial charge in [-0.05, 0) is 43.5 Å². The molecule has 0 atom stereocenters. The number of likely N-dealkylation sites (tertiary alicyclic amines) is 1. The molecule has 2 fully saturated rings. The molecule has 2 aliphatic rings. The third-order valence-corrected chi connectivity index (χ3v) is 6.57. The Morgan fingerprint density at radius 1 is 1.20 bits per heavy atom. The maximum Gasteiger partial charge on any atom is 0.261 e. The quantitative estimate of drug-likeness (QED) is 0.582. The Balaban J connectivity index is 1.58. The monoisotopic (exact) mass is 447 g/mol. The summed E-state index contributed by atoms with van der Waals surface area (Å²) in [4.78, 5) is 27.3. The molecule has 3 aromatic rings. The Morgan fingerprint density at radius 3 is 2.57 bits per heavy atom. The number of alkyl halides is 1. The summed E-state index contributed by atoms with van der Waals surface area (Å²) < 4.78 is 17.3. The SMILES string of the molecule is CC1(F)CN(C(=O)Cn2ccc3c(c(-c4ccc(Cl)c(Cl)c4)cn3C3CC3)c2=O)C1. The third-order valence-electron chi connectivity index (χ3n) is 5.83. The van der Waals surface area contributed by atoms with Crippen molar-refractivity contribution in [2.24, 2.45) is 0 Å². The molecule has 1 aliphatic heterocycles. The molecule has 156 valence electrons. The Morgan fingerprint density at radius 2 is 1.93 bits per heavy atom. The van der Waals surface area contributed by atoms with Gasteiger partial charge < -0.3 is 14.0 Å². The standard InChI is InChI=1S/C22H20Cl2FN3O2/c1-22(25)11-27(12-22)19(29)10-26-7-6-18-20(21(26)30)15(9-28(18)14-3-4-14)13-2-5-16(23)17(24)8-13/h2,5-9,14H,3-4,10-12H2,1H3. The predicted molar refractivity (Wildman–Crippen MR) is 116 cm³/mol. The van der Waals surface area contributed by atoms with Crippen molar-refractivity contribution in [2.45, 2.75) is 38.0 Å². The van der Waals surface area contributed by atoms with E-state index in [0.717, 1.165) is 29.5 Å². The number of halogens is 3. The molecule has 30 heavy (non-hydrogen) atoms. The van der Waals surface area contributed by atoms with E-state index in [-0.39, 0.29) is 31.1 Å². The average molecular weight is 448 g/mol. The summed E-state index contributed by atoms with van der Waals surface area (Å²) in [5.74, 6) is -0.260. The highest BCUT2D eigenvalue weighted by Gasteiger charge is 2.41. The van der Waals surface area contributed by atoms with Crippen LogP contribution < -0.4 is 5.56 Å². The van der Waals surface area contributed by atoms with Gasteiger partial charge in [0.25, 0.3) is 5.56 Å². The lowest BCUT2D eigenvalue weighted by Crippen LogP contribution is -2.60. The van der Waals surface area contributed by atoms with Gasteiger partial charge in [0.05, 0.1) is 34.0 Å². The van der Waals surface area contributed by atoms with E-state index >= 15 is 0 Å². The molecule has 5 nitrogen and oxygen atoms in total. The number of benzene rings is 1. The molecule has 2 aromatic heterocycles. The largest absolute Gasteiger partial charge is 0.344 e. The van der Waals surface area contributed by atoms with Crippen LogP contribution in [0, 0.1) is 0 Å². The minimum atomic E-state index is -1.34. The molecular formula is C22H20Cl2FN3O2. The summed E-state index contributed by atoms with van der Waals surface area (Å²) >= 11 is 12.3. The van der Waals surface area contributed by atoms with Crippen molar-refractivity contribution in [3.8, 4) is 11.1 Å². The lowest BCUT2D eigenvalue weighted by atomic mass is 9.99. The van der Waals surface area contributed by atoms with Crippen LogP contribution in [0.15, 0.2) is 41.5 Å². The van der Waals surface area contributed by atoms with E-state index < -0.39 is 5.67 Å². The van der Waals surface area contributed by atoms with Crippen molar-refractivity contribution in [3.05, 3.63) is 57.1 Å². The third kappa shape index (κ3) is 3.32. The van der Waals surface area contributed by atoms with E-state index in [2.05, 4.69) is 4.57 Å². The fraction of sp³-hybridized carbons (Fsp3) is 0.364. The van der Waals surface area contributed by atoms with Crippen LogP contribution in [0.3, 0.4) is 0 Å². The highest BCUT2D eigenvalue weighted by atomic mass is 35.5. The van der Waals surface area contributed by atoms with Gasteiger partial charge in [-0.2, -0.15) is 0 Å². The van der Waals surface area contributed by atoms with Gasteiger partial charge in [0.15, 0.2) is 0 Å². The highest BCUT2D eigenvalue weighted by molar-refractivity contribution is 6.42. The van der Waals surface area contributed by atoms with Gasteiger partial charge in [-0.15, -0.1) is 0 Å². The van der Waals surface area contributed by atoms with Crippen molar-refractivity contribution in [3.63, 3.8) is 0 Å². The van der Waals surface area contributed by atoms with E-state index in [9.17, 15) is 14.0 Å². The van der Waals surface area contributed by atoms with Crippen molar-refractivity contribution >= 4 is 40.0 Å². The Kier molecular flexibility index (Phi) is 4.49. The van der Waals surface area contributed by atoms with Gasteiger partial charge in [-0.25, -0.2) is 4.39 Å². The minimum Gasteiger partial charge on any atom is -0.344 e. The number of hydrogen-bond acceptors (Lipinski definition) is 2. The second kappa shape index (κ2) is 6.86. The number of carbonyl (C=O) groups is 1. The molecular weight excluding hydrogens is 428 g/mol. The zero-order valence-electron chi connectivity index (χ0n) is 16.4. The minimum absolute atomic E-state index is 0.0649. The first kappa shape index (κ1) is 19.6. The van der Waals surface area contributed by atoms with Gasteiger partial charge >= 0.3 is 0 Å². The molecule has 3 heterocycles. The van der Waals surface area contributed by atoms with Gasteiger partial charge in [-0.3, -0.25) is 9.59 Å². The number of amides is 1. The van der Waals surface area contributed by atoms with Crippen LogP contribution in [-0.2, 0) is 11.3 Å². The lowest BCUT2D eigenvalue weighted by molar-refractivity contribution is -0.144.